The summed E-state index contributed by atoms with van der Waals surface area (Å²) >= 11 is 0. The highest BCUT2D eigenvalue weighted by Crippen LogP contribution is 2.10. The Morgan fingerprint density at radius 1 is 1.58 bits per heavy atom. The molecule has 0 radical (unpaired) electrons. The largest absolute Gasteiger partial charge is 0.481 e. The van der Waals surface area contributed by atoms with Crippen molar-refractivity contribution in [2.24, 2.45) is 0 Å². The van der Waals surface area contributed by atoms with Crippen molar-refractivity contribution in [3.8, 4) is 5.88 Å². The van der Waals surface area contributed by atoms with Crippen LogP contribution < -0.4 is 4.74 Å². The van der Waals surface area contributed by atoms with E-state index in [1.165, 1.54) is 18.0 Å². The third kappa shape index (κ3) is 0.884. The van der Waals surface area contributed by atoms with E-state index in [1.54, 1.807) is 0 Å². The van der Waals surface area contributed by atoms with E-state index in [0.717, 1.165) is 6.07 Å². The Bertz CT molecular complexity index is 413. The Morgan fingerprint density at radius 3 is 3.17 bits per heavy atom. The number of aromatic nitrogens is 4. The number of ether oxygens (including phenoxy) is 1. The lowest BCUT2D eigenvalue weighted by molar-refractivity contribution is 0.379. The van der Waals surface area contributed by atoms with Crippen LogP contribution in [-0.2, 0) is 0 Å². The van der Waals surface area contributed by atoms with Gasteiger partial charge in [-0.15, -0.1) is 0 Å². The molecule has 0 unspecified atom stereocenters. The second-order valence-corrected chi connectivity index (χ2v) is 2.09. The van der Waals surface area contributed by atoms with Gasteiger partial charge in [0.25, 0.3) is 5.78 Å². The van der Waals surface area contributed by atoms with Crippen LogP contribution in [0.2, 0.25) is 0 Å². The minimum atomic E-state index is -0.632. The summed E-state index contributed by atoms with van der Waals surface area (Å²) in [6.07, 6.45) is 1.28. The molecule has 0 spiro atoms. The number of fused-ring (bicyclic) bond motifs is 1. The van der Waals surface area contributed by atoms with Gasteiger partial charge in [-0.1, -0.05) is 0 Å². The molecule has 6 heteroatoms. The molecule has 12 heavy (non-hydrogen) atoms. The lowest BCUT2D eigenvalue weighted by Crippen LogP contribution is -1.99. The van der Waals surface area contributed by atoms with Gasteiger partial charge in [-0.05, 0) is 0 Å². The first-order valence-corrected chi connectivity index (χ1v) is 3.21. The molecule has 2 aromatic rings. The second-order valence-electron chi connectivity index (χ2n) is 2.09. The van der Waals surface area contributed by atoms with Crippen molar-refractivity contribution < 1.29 is 9.13 Å². The van der Waals surface area contributed by atoms with E-state index in [4.69, 9.17) is 4.74 Å². The number of nitrogens with zero attached hydrogens (tertiary/aromatic N) is 4. The van der Waals surface area contributed by atoms with Crippen LogP contribution in [0.5, 0.6) is 5.88 Å². The van der Waals surface area contributed by atoms with Crippen molar-refractivity contribution in [3.05, 3.63) is 18.3 Å². The fourth-order valence-corrected chi connectivity index (χ4v) is 0.903. The van der Waals surface area contributed by atoms with Gasteiger partial charge in [0.05, 0.1) is 13.2 Å². The summed E-state index contributed by atoms with van der Waals surface area (Å²) in [6.45, 7) is 0. The summed E-state index contributed by atoms with van der Waals surface area (Å²) in [5, 5.41) is 3.78. The Kier molecular flexibility index (Phi) is 1.39. The lowest BCUT2D eigenvalue weighted by Gasteiger charge is -2.00. The zero-order valence-corrected chi connectivity index (χ0v) is 6.23. The third-order valence-corrected chi connectivity index (χ3v) is 1.40. The van der Waals surface area contributed by atoms with Crippen LogP contribution in [-0.4, -0.2) is 26.7 Å². The van der Waals surface area contributed by atoms with Gasteiger partial charge in [0.15, 0.2) is 0 Å². The van der Waals surface area contributed by atoms with E-state index >= 15 is 0 Å². The predicted octanol–water partition coefficient (Wildman–Crippen LogP) is 0.272. The highest BCUT2D eigenvalue weighted by molar-refractivity contribution is 5.29. The van der Waals surface area contributed by atoms with Crippen LogP contribution in [0, 0.1) is 5.95 Å². The van der Waals surface area contributed by atoms with Crippen molar-refractivity contribution in [2.45, 2.75) is 0 Å². The molecule has 2 heterocycles. The van der Waals surface area contributed by atoms with E-state index in [-0.39, 0.29) is 11.7 Å². The summed E-state index contributed by atoms with van der Waals surface area (Å²) in [4.78, 5) is 7.20. The van der Waals surface area contributed by atoms with Gasteiger partial charge in [-0.25, -0.2) is 0 Å². The third-order valence-electron chi connectivity index (χ3n) is 1.40. The second kappa shape index (κ2) is 2.40. The van der Waals surface area contributed by atoms with Crippen molar-refractivity contribution in [3.63, 3.8) is 0 Å². The molecule has 2 aromatic heterocycles. The first kappa shape index (κ1) is 6.96. The quantitative estimate of drug-likeness (QED) is 0.573. The van der Waals surface area contributed by atoms with E-state index in [1.807, 2.05) is 0 Å². The van der Waals surface area contributed by atoms with Crippen molar-refractivity contribution in [1.29, 1.82) is 0 Å². The smallest absolute Gasteiger partial charge is 0.258 e. The van der Waals surface area contributed by atoms with Crippen LogP contribution in [0.25, 0.3) is 5.78 Å². The minimum Gasteiger partial charge on any atom is -0.481 e. The van der Waals surface area contributed by atoms with Gasteiger partial charge in [0, 0.05) is 0 Å². The molecule has 0 aromatic carbocycles. The Balaban J connectivity index is 2.80. The van der Waals surface area contributed by atoms with E-state index < -0.39 is 5.95 Å². The van der Waals surface area contributed by atoms with Gasteiger partial charge in [-0.2, -0.15) is 24.0 Å². The normalized spacial score (nSPS) is 10.5. The van der Waals surface area contributed by atoms with Crippen molar-refractivity contribution in [1.82, 2.24) is 19.6 Å². The Labute approximate surface area is 66.8 Å². The maximum absolute atomic E-state index is 12.7. The maximum Gasteiger partial charge on any atom is 0.258 e. The number of hydrogen-bond donors (Lipinski definition) is 0. The molecule has 0 aliphatic heterocycles. The fourth-order valence-electron chi connectivity index (χ4n) is 0.903. The van der Waals surface area contributed by atoms with Crippen LogP contribution in [0.1, 0.15) is 0 Å². The summed E-state index contributed by atoms with van der Waals surface area (Å²) in [5.41, 5.74) is 0. The molecule has 0 N–H and O–H groups in total. The lowest BCUT2D eigenvalue weighted by atomic mass is 10.6. The molecule has 0 aliphatic carbocycles. The molecular formula is C6H5FN4O. The summed E-state index contributed by atoms with van der Waals surface area (Å²) in [7, 11) is 1.43. The molecule has 62 valence electrons. The van der Waals surface area contributed by atoms with Gasteiger partial charge in [-0.3, -0.25) is 0 Å². The van der Waals surface area contributed by atoms with Crippen molar-refractivity contribution in [2.75, 3.05) is 7.11 Å². The van der Waals surface area contributed by atoms with Crippen LogP contribution in [0.15, 0.2) is 12.4 Å². The summed E-state index contributed by atoms with van der Waals surface area (Å²) in [6, 6.07) is 1.14. The first-order valence-electron chi connectivity index (χ1n) is 3.21. The molecule has 2 rings (SSSR count). The maximum atomic E-state index is 12.7. The number of hydrogen-bond acceptors (Lipinski definition) is 4. The molecular weight excluding hydrogens is 163 g/mol. The number of halogens is 1. The standard InChI is InChI=1S/C6H5FN4O/c1-12-5-2-4(7)10-6-8-3-9-11(5)6/h2-3H,1H3. The molecule has 0 bridgehead atoms. The zero-order chi connectivity index (χ0) is 8.55. The predicted molar refractivity (Wildman–Crippen MR) is 37.3 cm³/mol. The fraction of sp³-hybridized carbons (Fsp3) is 0.167. The van der Waals surface area contributed by atoms with Gasteiger partial charge >= 0.3 is 0 Å². The Hall–Kier alpha value is -1.72. The van der Waals surface area contributed by atoms with Crippen LogP contribution in [0.4, 0.5) is 4.39 Å². The Morgan fingerprint density at radius 2 is 2.42 bits per heavy atom. The van der Waals surface area contributed by atoms with Crippen LogP contribution >= 0.6 is 0 Å². The molecule has 0 aliphatic rings. The molecule has 0 saturated heterocycles. The monoisotopic (exact) mass is 168 g/mol. The molecule has 5 nitrogen and oxygen atoms in total. The zero-order valence-electron chi connectivity index (χ0n) is 6.23. The van der Waals surface area contributed by atoms with Gasteiger partial charge in [0.1, 0.15) is 6.33 Å². The topological polar surface area (TPSA) is 52.3 Å². The average Bonchev–Trinajstić information content (AvgIpc) is 2.50. The van der Waals surface area contributed by atoms with Gasteiger partial charge < -0.3 is 4.74 Å². The van der Waals surface area contributed by atoms with Crippen molar-refractivity contribution >= 4 is 5.78 Å². The van der Waals surface area contributed by atoms with E-state index in [0.29, 0.717) is 0 Å². The number of methoxy groups -OCH3 is 1. The molecule has 0 fully saturated rings. The molecule has 0 amide bonds. The van der Waals surface area contributed by atoms with Gasteiger partial charge in [0.2, 0.25) is 11.8 Å². The molecule has 0 atom stereocenters. The van der Waals surface area contributed by atoms with Crippen LogP contribution in [0.3, 0.4) is 0 Å². The summed E-state index contributed by atoms with van der Waals surface area (Å²) in [5.74, 6) is -0.172. The highest BCUT2D eigenvalue weighted by Gasteiger charge is 2.05. The first-order chi connectivity index (χ1) is 5.81. The average molecular weight is 168 g/mol. The SMILES string of the molecule is COc1cc(F)nc2ncnn12. The minimum absolute atomic E-state index is 0.187. The number of rotatable bonds is 1. The highest BCUT2D eigenvalue weighted by atomic mass is 19.1. The van der Waals surface area contributed by atoms with E-state index in [2.05, 4.69) is 15.1 Å². The molecule has 0 saturated carbocycles. The van der Waals surface area contributed by atoms with E-state index in [9.17, 15) is 4.39 Å². The summed E-state index contributed by atoms with van der Waals surface area (Å²) < 4.78 is 18.8.